The zero-order chi connectivity index (χ0) is 62.1. The fraction of sp³-hybridized carbons (Fsp3) is 0.653. The molecule has 0 aromatic carbocycles. The van der Waals surface area contributed by atoms with Crippen LogP contribution in [0.25, 0.3) is 0 Å². The van der Waals surface area contributed by atoms with Gasteiger partial charge in [-0.25, -0.2) is 0 Å². The van der Waals surface area contributed by atoms with E-state index in [9.17, 15) is 19.0 Å². The Morgan fingerprint density at radius 1 is 0.424 bits per heavy atom. The van der Waals surface area contributed by atoms with E-state index in [1.165, 1.54) is 103 Å². The molecular weight excluding hydrogens is 1070 g/mol. The number of rotatable bonds is 60. The molecule has 0 aliphatic rings. The second-order valence-corrected chi connectivity index (χ2v) is 25.0. The van der Waals surface area contributed by atoms with E-state index in [4.69, 9.17) is 13.8 Å². The summed E-state index contributed by atoms with van der Waals surface area (Å²) < 4.78 is 30.4. The van der Waals surface area contributed by atoms with Crippen molar-refractivity contribution < 1.29 is 37.3 Å². The molecule has 0 aliphatic heterocycles. The van der Waals surface area contributed by atoms with Crippen LogP contribution in [0.1, 0.15) is 265 Å². The zero-order valence-corrected chi connectivity index (χ0v) is 56.1. The lowest BCUT2D eigenvalue weighted by Gasteiger charge is -2.30. The summed E-state index contributed by atoms with van der Waals surface area (Å²) in [6.07, 6.45) is 91.3. The van der Waals surface area contributed by atoms with Crippen molar-refractivity contribution in [2.24, 2.45) is 0 Å². The van der Waals surface area contributed by atoms with Crippen LogP contribution < -0.4 is 10.2 Å². The predicted octanol–water partition coefficient (Wildman–Crippen LogP) is 21.1. The summed E-state index contributed by atoms with van der Waals surface area (Å²) in [6, 6.07) is -0.941. The Morgan fingerprint density at radius 2 is 0.765 bits per heavy atom. The first-order valence-corrected chi connectivity index (χ1v) is 35.6. The Bertz CT molecular complexity index is 1960. The van der Waals surface area contributed by atoms with Crippen molar-refractivity contribution >= 4 is 19.7 Å². The monoisotopic (exact) mass is 1200 g/mol. The van der Waals surface area contributed by atoms with Crippen LogP contribution in [-0.2, 0) is 27.9 Å². The van der Waals surface area contributed by atoms with Crippen molar-refractivity contribution in [3.05, 3.63) is 146 Å². The largest absolute Gasteiger partial charge is 0.756 e. The highest BCUT2D eigenvalue weighted by molar-refractivity contribution is 7.45. The standard InChI is InChI=1S/C75H127N2O7P/c1-7-10-13-16-19-22-25-28-30-32-34-35-36-37-38-39-40-41-43-45-47-50-53-56-59-62-65-68-75(79)84-73(66-63-60-57-54-51-48-27-24-21-18-15-12-9-3)72(71-83-85(80,81)82-70-69-77(4,5)6)76-74(78)67-64-61-58-55-52-49-46-44-42-33-31-29-26-23-20-17-14-11-8-2/h10-11,13-14,19-20,22-23,28-31,34-35,37-38,42,44,49,52,58,61,63,66,72-73H,7-9,12,15-18,21,24-27,32-33,36,39-41,43,45-48,50-51,53-57,59-60,62,64-65,67-71H2,1-6H3,(H-,76,78,80,81)/b13-10-,14-11-,22-19-,23-20-,30-28-,31-29-,35-34-,38-37-,44-42-,52-49-,61-58-,66-63-. The third kappa shape index (κ3) is 64.2. The van der Waals surface area contributed by atoms with Crippen LogP contribution in [0.3, 0.4) is 0 Å². The summed E-state index contributed by atoms with van der Waals surface area (Å²) in [4.78, 5) is 40.1. The van der Waals surface area contributed by atoms with E-state index < -0.39 is 26.6 Å². The number of carbonyl (C=O) groups excluding carboxylic acids is 2. The molecule has 0 spiro atoms. The maximum Gasteiger partial charge on any atom is 0.306 e. The van der Waals surface area contributed by atoms with Gasteiger partial charge in [0, 0.05) is 12.8 Å². The number of nitrogens with one attached hydrogen (secondary N) is 1. The van der Waals surface area contributed by atoms with E-state index in [0.717, 1.165) is 116 Å². The van der Waals surface area contributed by atoms with Crippen molar-refractivity contribution in [1.82, 2.24) is 5.32 Å². The van der Waals surface area contributed by atoms with E-state index in [0.29, 0.717) is 23.9 Å². The Morgan fingerprint density at radius 3 is 1.15 bits per heavy atom. The Kier molecular flexibility index (Phi) is 59.9. The van der Waals surface area contributed by atoms with Gasteiger partial charge in [-0.1, -0.05) is 283 Å². The molecule has 9 nitrogen and oxygen atoms in total. The van der Waals surface area contributed by atoms with Gasteiger partial charge in [0.2, 0.25) is 5.91 Å². The average molecular weight is 1200 g/mol. The van der Waals surface area contributed by atoms with Crippen molar-refractivity contribution in [1.29, 1.82) is 0 Å². The minimum Gasteiger partial charge on any atom is -0.756 e. The number of allylic oxidation sites excluding steroid dienone is 23. The number of unbranched alkanes of at least 4 members (excludes halogenated alkanes) is 22. The first-order valence-electron chi connectivity index (χ1n) is 34.1. The van der Waals surface area contributed by atoms with Crippen LogP contribution in [-0.4, -0.2) is 69.4 Å². The van der Waals surface area contributed by atoms with Gasteiger partial charge in [-0.3, -0.25) is 14.2 Å². The second-order valence-electron chi connectivity index (χ2n) is 23.6. The number of likely N-dealkylation sites (N-methyl/N-ethyl adjacent to an activating group) is 1. The van der Waals surface area contributed by atoms with E-state index in [1.807, 2.05) is 45.4 Å². The molecule has 3 atom stereocenters. The minimum atomic E-state index is -4.73. The highest BCUT2D eigenvalue weighted by Crippen LogP contribution is 2.38. The van der Waals surface area contributed by atoms with E-state index >= 15 is 0 Å². The molecule has 85 heavy (non-hydrogen) atoms. The second kappa shape index (κ2) is 62.9. The van der Waals surface area contributed by atoms with Crippen LogP contribution in [0.2, 0.25) is 0 Å². The maximum atomic E-state index is 13.5. The molecule has 0 bridgehead atoms. The molecule has 0 aliphatic carbocycles. The van der Waals surface area contributed by atoms with Crippen molar-refractivity contribution in [3.63, 3.8) is 0 Å². The lowest BCUT2D eigenvalue weighted by atomic mass is 10.0. The van der Waals surface area contributed by atoms with Gasteiger partial charge in [0.15, 0.2) is 0 Å². The molecule has 1 N–H and O–H groups in total. The molecule has 0 fully saturated rings. The summed E-state index contributed by atoms with van der Waals surface area (Å²) in [7, 11) is 1.12. The number of quaternary nitrogens is 1. The molecule has 10 heteroatoms. The summed E-state index contributed by atoms with van der Waals surface area (Å²) in [5.41, 5.74) is 0. The Labute approximate surface area is 523 Å². The summed E-state index contributed by atoms with van der Waals surface area (Å²) >= 11 is 0. The van der Waals surface area contributed by atoms with Crippen LogP contribution in [0, 0.1) is 0 Å². The molecule has 484 valence electrons. The van der Waals surface area contributed by atoms with Crippen LogP contribution >= 0.6 is 7.82 Å². The zero-order valence-electron chi connectivity index (χ0n) is 55.3. The van der Waals surface area contributed by atoms with Crippen molar-refractivity contribution in [2.75, 3.05) is 40.9 Å². The minimum absolute atomic E-state index is 0.0436. The molecule has 1 amide bonds. The summed E-state index contributed by atoms with van der Waals surface area (Å²) in [5, 5.41) is 2.98. The van der Waals surface area contributed by atoms with Gasteiger partial charge in [0.25, 0.3) is 7.82 Å². The lowest BCUT2D eigenvalue weighted by molar-refractivity contribution is -0.870. The third-order valence-corrected chi connectivity index (χ3v) is 15.2. The summed E-state index contributed by atoms with van der Waals surface area (Å²) in [6.45, 7) is 6.55. The van der Waals surface area contributed by atoms with Crippen molar-refractivity contribution in [2.45, 2.75) is 277 Å². The highest BCUT2D eigenvalue weighted by atomic mass is 31.2. The number of nitrogens with zero attached hydrogens (tertiary/aromatic N) is 1. The van der Waals surface area contributed by atoms with Gasteiger partial charge >= 0.3 is 5.97 Å². The van der Waals surface area contributed by atoms with E-state index in [1.54, 1.807) is 0 Å². The number of hydrogen-bond acceptors (Lipinski definition) is 7. The number of esters is 1. The maximum absolute atomic E-state index is 13.5. The molecular formula is C75H127N2O7P. The SMILES string of the molecule is CC/C=C\C/C=C\C/C=C\C/C=C\C/C=C\C/C=C\CCC(=O)NC(COP(=O)([O-])OCC[N+](C)(C)C)C(/C=C\CCCCCCCCCCCCC)OC(=O)CCCCCCCCCCCCC/C=C\C/C=C\C/C=C\C/C=C\C/C=C\CC. The van der Waals surface area contributed by atoms with Gasteiger partial charge < -0.3 is 28.5 Å². The fourth-order valence-corrected chi connectivity index (χ4v) is 9.82. The Balaban J connectivity index is 5.23. The number of amides is 1. The normalized spacial score (nSPS) is 14.5. The molecule has 0 rings (SSSR count). The van der Waals surface area contributed by atoms with Gasteiger partial charge in [0.05, 0.1) is 33.8 Å². The van der Waals surface area contributed by atoms with E-state index in [2.05, 4.69) is 148 Å². The molecule has 0 saturated carbocycles. The number of phosphoric ester groups is 1. The Hall–Kier alpha value is -4.11. The number of carbonyl (C=O) groups is 2. The van der Waals surface area contributed by atoms with E-state index in [-0.39, 0.29) is 31.3 Å². The van der Waals surface area contributed by atoms with Gasteiger partial charge in [-0.05, 0) is 115 Å². The molecule has 0 aromatic rings. The molecule has 0 saturated heterocycles. The highest BCUT2D eigenvalue weighted by Gasteiger charge is 2.27. The topological polar surface area (TPSA) is 114 Å². The molecule has 0 aromatic heterocycles. The smallest absolute Gasteiger partial charge is 0.306 e. The molecule has 0 heterocycles. The number of ether oxygens (including phenoxy) is 1. The molecule has 3 unspecified atom stereocenters. The quantitative estimate of drug-likeness (QED) is 0.0212. The predicted molar refractivity (Wildman–Crippen MR) is 366 cm³/mol. The number of phosphoric acid groups is 1. The average Bonchev–Trinajstić information content (AvgIpc) is 3.50. The summed E-state index contributed by atoms with van der Waals surface area (Å²) in [5.74, 6) is -0.649. The lowest BCUT2D eigenvalue weighted by Crippen LogP contribution is -2.47. The van der Waals surface area contributed by atoms with Crippen LogP contribution in [0.5, 0.6) is 0 Å². The van der Waals surface area contributed by atoms with Crippen LogP contribution in [0.4, 0.5) is 0 Å². The fourth-order valence-electron chi connectivity index (χ4n) is 9.10. The molecule has 0 radical (unpaired) electrons. The number of hydrogen-bond donors (Lipinski definition) is 1. The first-order chi connectivity index (χ1) is 41.4. The third-order valence-electron chi connectivity index (χ3n) is 14.3. The van der Waals surface area contributed by atoms with Crippen LogP contribution in [0.15, 0.2) is 146 Å². The first kappa shape index (κ1) is 80.9. The van der Waals surface area contributed by atoms with Crippen molar-refractivity contribution in [3.8, 4) is 0 Å². The van der Waals surface area contributed by atoms with Gasteiger partial charge in [-0.2, -0.15) is 0 Å². The van der Waals surface area contributed by atoms with Gasteiger partial charge in [-0.15, -0.1) is 0 Å². The van der Waals surface area contributed by atoms with Gasteiger partial charge in [0.1, 0.15) is 19.3 Å².